The Morgan fingerprint density at radius 2 is 2.15 bits per heavy atom. The number of aromatic nitrogens is 2. The third kappa shape index (κ3) is 2.21. The van der Waals surface area contributed by atoms with Gasteiger partial charge in [0.15, 0.2) is 0 Å². The predicted octanol–water partition coefficient (Wildman–Crippen LogP) is 3.50. The van der Waals surface area contributed by atoms with Crippen LogP contribution in [0, 0.1) is 11.3 Å². The van der Waals surface area contributed by atoms with E-state index in [1.54, 1.807) is 12.1 Å². The first-order valence-corrected chi connectivity index (χ1v) is 6.43. The minimum atomic E-state index is 0.621. The van der Waals surface area contributed by atoms with Gasteiger partial charge < -0.3 is 9.72 Å². The number of hydrogen-bond acceptors (Lipinski definition) is 3. The third-order valence-electron chi connectivity index (χ3n) is 3.03. The average molecular weight is 263 g/mol. The predicted molar refractivity (Wildman–Crippen MR) is 77.4 cm³/mol. The molecule has 4 heteroatoms. The van der Waals surface area contributed by atoms with Crippen molar-refractivity contribution in [3.8, 4) is 23.2 Å². The molecular weight excluding hydrogens is 250 g/mol. The first kappa shape index (κ1) is 12.2. The number of benzene rings is 2. The van der Waals surface area contributed by atoms with Crippen LogP contribution < -0.4 is 4.74 Å². The number of imidazole rings is 1. The lowest BCUT2D eigenvalue weighted by atomic mass is 10.2. The summed E-state index contributed by atoms with van der Waals surface area (Å²) < 4.78 is 5.49. The Kier molecular flexibility index (Phi) is 3.10. The van der Waals surface area contributed by atoms with E-state index in [1.807, 2.05) is 37.3 Å². The summed E-state index contributed by atoms with van der Waals surface area (Å²) in [5.74, 6) is 1.60. The number of rotatable bonds is 3. The summed E-state index contributed by atoms with van der Waals surface area (Å²) in [6.45, 7) is 2.59. The van der Waals surface area contributed by atoms with Crippen LogP contribution in [-0.2, 0) is 0 Å². The third-order valence-corrected chi connectivity index (χ3v) is 3.03. The zero-order chi connectivity index (χ0) is 13.9. The molecule has 0 aliphatic heterocycles. The van der Waals surface area contributed by atoms with Crippen LogP contribution in [0.25, 0.3) is 22.4 Å². The second-order valence-electron chi connectivity index (χ2n) is 4.39. The molecule has 0 bridgehead atoms. The fourth-order valence-corrected chi connectivity index (χ4v) is 2.12. The maximum absolute atomic E-state index is 8.92. The largest absolute Gasteiger partial charge is 0.494 e. The van der Waals surface area contributed by atoms with Crippen LogP contribution in [0.15, 0.2) is 42.5 Å². The SMILES string of the molecule is CCOc1cccc(-c2nc3ccc(C#N)cc3[nH]2)c1. The van der Waals surface area contributed by atoms with Crippen LogP contribution in [0.3, 0.4) is 0 Å². The van der Waals surface area contributed by atoms with Gasteiger partial charge in [-0.25, -0.2) is 4.98 Å². The fourth-order valence-electron chi connectivity index (χ4n) is 2.12. The molecule has 0 saturated heterocycles. The van der Waals surface area contributed by atoms with Crippen LogP contribution in [0.1, 0.15) is 12.5 Å². The molecule has 1 heterocycles. The molecule has 20 heavy (non-hydrogen) atoms. The number of H-pyrrole nitrogens is 1. The quantitative estimate of drug-likeness (QED) is 0.786. The van der Waals surface area contributed by atoms with E-state index in [4.69, 9.17) is 10.00 Å². The Morgan fingerprint density at radius 1 is 1.25 bits per heavy atom. The highest BCUT2D eigenvalue weighted by Gasteiger charge is 2.07. The normalized spacial score (nSPS) is 10.4. The lowest BCUT2D eigenvalue weighted by Crippen LogP contribution is -1.91. The van der Waals surface area contributed by atoms with Gasteiger partial charge in [-0.15, -0.1) is 0 Å². The molecule has 3 aromatic rings. The van der Waals surface area contributed by atoms with Gasteiger partial charge in [0, 0.05) is 5.56 Å². The van der Waals surface area contributed by atoms with E-state index in [1.165, 1.54) is 0 Å². The smallest absolute Gasteiger partial charge is 0.138 e. The molecule has 2 aromatic carbocycles. The molecule has 0 saturated carbocycles. The van der Waals surface area contributed by atoms with E-state index < -0.39 is 0 Å². The summed E-state index contributed by atoms with van der Waals surface area (Å²) in [7, 11) is 0. The van der Waals surface area contributed by atoms with Gasteiger partial charge >= 0.3 is 0 Å². The summed E-state index contributed by atoms with van der Waals surface area (Å²) in [6, 6.07) is 15.3. The maximum atomic E-state index is 8.92. The van der Waals surface area contributed by atoms with E-state index >= 15 is 0 Å². The molecule has 0 amide bonds. The molecule has 1 N–H and O–H groups in total. The van der Waals surface area contributed by atoms with E-state index in [0.29, 0.717) is 12.2 Å². The van der Waals surface area contributed by atoms with Crippen molar-refractivity contribution in [1.29, 1.82) is 5.26 Å². The number of nitriles is 1. The van der Waals surface area contributed by atoms with Crippen molar-refractivity contribution in [2.45, 2.75) is 6.92 Å². The Balaban J connectivity index is 2.06. The highest BCUT2D eigenvalue weighted by molar-refractivity contribution is 5.80. The zero-order valence-electron chi connectivity index (χ0n) is 11.1. The van der Waals surface area contributed by atoms with Gasteiger partial charge in [0.25, 0.3) is 0 Å². The monoisotopic (exact) mass is 263 g/mol. The number of nitrogens with one attached hydrogen (secondary N) is 1. The van der Waals surface area contributed by atoms with Crippen molar-refractivity contribution in [1.82, 2.24) is 9.97 Å². The molecule has 3 rings (SSSR count). The van der Waals surface area contributed by atoms with Gasteiger partial charge in [-0.3, -0.25) is 0 Å². The van der Waals surface area contributed by atoms with Crippen LogP contribution in [0.5, 0.6) is 5.75 Å². The molecular formula is C16H13N3O. The van der Waals surface area contributed by atoms with Crippen LogP contribution >= 0.6 is 0 Å². The van der Waals surface area contributed by atoms with Crippen LogP contribution in [-0.4, -0.2) is 16.6 Å². The topological polar surface area (TPSA) is 61.7 Å². The Labute approximate surface area is 116 Å². The minimum Gasteiger partial charge on any atom is -0.494 e. The first-order chi connectivity index (χ1) is 9.80. The van der Waals surface area contributed by atoms with E-state index in [2.05, 4.69) is 16.0 Å². The molecule has 0 radical (unpaired) electrons. The molecule has 1 aromatic heterocycles. The summed E-state index contributed by atoms with van der Waals surface area (Å²) in [6.07, 6.45) is 0. The zero-order valence-corrected chi connectivity index (χ0v) is 11.1. The molecule has 98 valence electrons. The van der Waals surface area contributed by atoms with Gasteiger partial charge in [0.1, 0.15) is 11.6 Å². The fraction of sp³-hybridized carbons (Fsp3) is 0.125. The number of hydrogen-bond donors (Lipinski definition) is 1. The second kappa shape index (κ2) is 5.06. The number of ether oxygens (including phenoxy) is 1. The van der Waals surface area contributed by atoms with Crippen LogP contribution in [0.4, 0.5) is 0 Å². The number of fused-ring (bicyclic) bond motifs is 1. The summed E-state index contributed by atoms with van der Waals surface area (Å²) in [5.41, 5.74) is 3.29. The maximum Gasteiger partial charge on any atom is 0.138 e. The Bertz CT molecular complexity index is 799. The summed E-state index contributed by atoms with van der Waals surface area (Å²) in [5, 5.41) is 8.92. The lowest BCUT2D eigenvalue weighted by molar-refractivity contribution is 0.340. The van der Waals surface area contributed by atoms with Gasteiger partial charge in [-0.05, 0) is 37.3 Å². The van der Waals surface area contributed by atoms with Gasteiger partial charge in [-0.2, -0.15) is 5.26 Å². The van der Waals surface area contributed by atoms with Crippen molar-refractivity contribution in [2.75, 3.05) is 6.61 Å². The van der Waals surface area contributed by atoms with Gasteiger partial charge in [0.05, 0.1) is 29.3 Å². The lowest BCUT2D eigenvalue weighted by Gasteiger charge is -2.03. The molecule has 0 unspecified atom stereocenters. The van der Waals surface area contributed by atoms with Crippen molar-refractivity contribution >= 4 is 11.0 Å². The standard InChI is InChI=1S/C16H13N3O/c1-2-20-13-5-3-4-12(9-13)16-18-14-7-6-11(10-17)8-15(14)19-16/h3-9H,2H2,1H3,(H,18,19). The summed E-state index contributed by atoms with van der Waals surface area (Å²) >= 11 is 0. The van der Waals surface area contributed by atoms with Crippen molar-refractivity contribution in [2.24, 2.45) is 0 Å². The molecule has 0 atom stereocenters. The molecule has 0 aliphatic carbocycles. The van der Waals surface area contributed by atoms with E-state index in [0.717, 1.165) is 28.2 Å². The van der Waals surface area contributed by atoms with Crippen LogP contribution in [0.2, 0.25) is 0 Å². The highest BCUT2D eigenvalue weighted by atomic mass is 16.5. The molecule has 4 nitrogen and oxygen atoms in total. The summed E-state index contributed by atoms with van der Waals surface area (Å²) in [4.78, 5) is 7.78. The average Bonchev–Trinajstić information content (AvgIpc) is 2.90. The molecule has 0 spiro atoms. The number of nitrogens with zero attached hydrogens (tertiary/aromatic N) is 2. The van der Waals surface area contributed by atoms with Gasteiger partial charge in [-0.1, -0.05) is 12.1 Å². The molecule has 0 fully saturated rings. The highest BCUT2D eigenvalue weighted by Crippen LogP contribution is 2.24. The van der Waals surface area contributed by atoms with E-state index in [-0.39, 0.29) is 0 Å². The second-order valence-corrected chi connectivity index (χ2v) is 4.39. The van der Waals surface area contributed by atoms with Crippen molar-refractivity contribution in [3.63, 3.8) is 0 Å². The van der Waals surface area contributed by atoms with E-state index in [9.17, 15) is 0 Å². The van der Waals surface area contributed by atoms with Gasteiger partial charge in [0.2, 0.25) is 0 Å². The Hall–Kier alpha value is -2.80. The van der Waals surface area contributed by atoms with Crippen molar-refractivity contribution in [3.05, 3.63) is 48.0 Å². The Morgan fingerprint density at radius 3 is 2.95 bits per heavy atom. The minimum absolute atomic E-state index is 0.621. The van der Waals surface area contributed by atoms with Crippen molar-refractivity contribution < 1.29 is 4.74 Å². The first-order valence-electron chi connectivity index (χ1n) is 6.43. The molecule has 0 aliphatic rings. The number of aromatic amines is 1.